The fraction of sp³-hybridized carbons (Fsp3) is 0.0714. The summed E-state index contributed by atoms with van der Waals surface area (Å²) < 4.78 is 27.4. The number of benzene rings is 2. The molecular weight excluding hydrogens is 338 g/mol. The fourth-order valence-electron chi connectivity index (χ4n) is 1.64. The summed E-state index contributed by atoms with van der Waals surface area (Å²) in [4.78, 5) is 12.2. The van der Waals surface area contributed by atoms with Gasteiger partial charge in [0.1, 0.15) is 5.82 Å². The van der Waals surface area contributed by atoms with Crippen molar-refractivity contribution >= 4 is 33.3 Å². The molecule has 2 aromatic carbocycles. The third-order valence-corrected chi connectivity index (χ3v) is 3.96. The van der Waals surface area contributed by atoms with Crippen molar-refractivity contribution in [2.45, 2.75) is 6.92 Å². The zero-order valence-corrected chi connectivity index (χ0v) is 12.1. The molecule has 19 heavy (non-hydrogen) atoms. The van der Waals surface area contributed by atoms with Crippen molar-refractivity contribution in [2.24, 2.45) is 0 Å². The largest absolute Gasteiger partial charge is 0.288 e. The Balaban J connectivity index is 2.50. The maximum Gasteiger partial charge on any atom is 0.196 e. The molecular formula is C14H8BrClF2O. The van der Waals surface area contributed by atoms with Gasteiger partial charge in [0.2, 0.25) is 0 Å². The van der Waals surface area contributed by atoms with Crippen molar-refractivity contribution < 1.29 is 13.6 Å². The van der Waals surface area contributed by atoms with Gasteiger partial charge in [-0.25, -0.2) is 8.78 Å². The molecule has 0 aliphatic rings. The van der Waals surface area contributed by atoms with Crippen LogP contribution in [0.2, 0.25) is 5.02 Å². The molecule has 5 heteroatoms. The summed E-state index contributed by atoms with van der Waals surface area (Å²) in [5, 5.41) is -0.148. The van der Waals surface area contributed by atoms with E-state index in [1.54, 1.807) is 0 Å². The number of carbonyl (C=O) groups is 1. The van der Waals surface area contributed by atoms with E-state index in [1.165, 1.54) is 37.3 Å². The zero-order valence-electron chi connectivity index (χ0n) is 9.81. The first kappa shape index (κ1) is 14.2. The summed E-state index contributed by atoms with van der Waals surface area (Å²) in [5.74, 6) is -1.73. The number of carbonyl (C=O) groups excluding carboxylic acids is 1. The SMILES string of the molecule is Cc1cc(C(=O)c2ccc(Br)c(Cl)c2F)ccc1F. The van der Waals surface area contributed by atoms with Crippen LogP contribution in [0.15, 0.2) is 34.8 Å². The number of halogens is 4. The second-order valence-corrected chi connectivity index (χ2v) is 5.25. The number of aryl methyl sites for hydroxylation is 1. The van der Waals surface area contributed by atoms with Crippen molar-refractivity contribution in [1.29, 1.82) is 0 Å². The molecule has 0 aliphatic heterocycles. The van der Waals surface area contributed by atoms with E-state index >= 15 is 0 Å². The first-order chi connectivity index (χ1) is 8.91. The van der Waals surface area contributed by atoms with Crippen LogP contribution >= 0.6 is 27.5 Å². The lowest BCUT2D eigenvalue weighted by atomic mass is 10.0. The average Bonchev–Trinajstić information content (AvgIpc) is 2.39. The smallest absolute Gasteiger partial charge is 0.196 e. The van der Waals surface area contributed by atoms with Gasteiger partial charge < -0.3 is 0 Å². The van der Waals surface area contributed by atoms with Crippen LogP contribution in [0, 0.1) is 18.6 Å². The van der Waals surface area contributed by atoms with E-state index in [2.05, 4.69) is 15.9 Å². The summed E-state index contributed by atoms with van der Waals surface area (Å²) in [6.07, 6.45) is 0. The molecule has 2 rings (SSSR count). The Kier molecular flexibility index (Phi) is 4.02. The Hall–Kier alpha value is -1.26. The Labute approximate surface area is 122 Å². The van der Waals surface area contributed by atoms with E-state index in [0.717, 1.165) is 0 Å². The molecule has 1 nitrogen and oxygen atoms in total. The van der Waals surface area contributed by atoms with E-state index in [1.807, 2.05) is 0 Å². The third kappa shape index (κ3) is 2.69. The van der Waals surface area contributed by atoms with E-state index in [4.69, 9.17) is 11.6 Å². The average molecular weight is 346 g/mol. The van der Waals surface area contributed by atoms with Crippen molar-refractivity contribution in [3.8, 4) is 0 Å². The van der Waals surface area contributed by atoms with Gasteiger partial charge in [0.15, 0.2) is 11.6 Å². The minimum Gasteiger partial charge on any atom is -0.288 e. The summed E-state index contributed by atoms with van der Waals surface area (Å²) in [6.45, 7) is 1.54. The van der Waals surface area contributed by atoms with Crippen LogP contribution in [0.25, 0.3) is 0 Å². The van der Waals surface area contributed by atoms with Gasteiger partial charge >= 0.3 is 0 Å². The highest BCUT2D eigenvalue weighted by molar-refractivity contribution is 9.10. The van der Waals surface area contributed by atoms with E-state index in [0.29, 0.717) is 10.0 Å². The maximum atomic E-state index is 13.9. The number of hydrogen-bond acceptors (Lipinski definition) is 1. The molecule has 0 N–H and O–H groups in total. The van der Waals surface area contributed by atoms with Gasteiger partial charge in [0.05, 0.1) is 10.6 Å². The molecule has 0 aliphatic carbocycles. The maximum absolute atomic E-state index is 13.9. The molecule has 98 valence electrons. The van der Waals surface area contributed by atoms with Gasteiger partial charge in [0.25, 0.3) is 0 Å². The van der Waals surface area contributed by atoms with Crippen LogP contribution < -0.4 is 0 Å². The monoisotopic (exact) mass is 344 g/mol. The molecule has 0 amide bonds. The molecule has 0 unspecified atom stereocenters. The van der Waals surface area contributed by atoms with Crippen molar-refractivity contribution in [3.05, 3.63) is 68.2 Å². The number of ketones is 1. The lowest BCUT2D eigenvalue weighted by Gasteiger charge is -2.06. The van der Waals surface area contributed by atoms with Gasteiger partial charge in [0, 0.05) is 10.0 Å². The van der Waals surface area contributed by atoms with Crippen LogP contribution in [0.3, 0.4) is 0 Å². The Morgan fingerprint density at radius 1 is 1.21 bits per heavy atom. The first-order valence-corrected chi connectivity index (χ1v) is 6.53. The van der Waals surface area contributed by atoms with Crippen molar-refractivity contribution in [2.75, 3.05) is 0 Å². The number of rotatable bonds is 2. The van der Waals surface area contributed by atoms with Gasteiger partial charge in [-0.2, -0.15) is 0 Å². The molecule has 0 radical (unpaired) electrons. The second kappa shape index (κ2) is 5.39. The summed E-state index contributed by atoms with van der Waals surface area (Å²) >= 11 is 8.81. The van der Waals surface area contributed by atoms with Gasteiger partial charge in [-0.3, -0.25) is 4.79 Å². The molecule has 0 saturated heterocycles. The molecule has 0 saturated carbocycles. The third-order valence-electron chi connectivity index (χ3n) is 2.70. The van der Waals surface area contributed by atoms with E-state index in [9.17, 15) is 13.6 Å². The normalized spacial score (nSPS) is 10.6. The molecule has 0 spiro atoms. The van der Waals surface area contributed by atoms with Crippen LogP contribution in [-0.4, -0.2) is 5.78 Å². The predicted molar refractivity (Wildman–Crippen MR) is 73.7 cm³/mol. The Morgan fingerprint density at radius 3 is 2.53 bits per heavy atom. The fourth-order valence-corrected chi connectivity index (χ4v) is 2.11. The number of hydrogen-bond donors (Lipinski definition) is 0. The van der Waals surface area contributed by atoms with Crippen LogP contribution in [0.1, 0.15) is 21.5 Å². The molecule has 0 bridgehead atoms. The molecule has 2 aromatic rings. The Bertz CT molecular complexity index is 671. The molecule has 0 aromatic heterocycles. The highest BCUT2D eigenvalue weighted by Crippen LogP contribution is 2.28. The molecule has 0 fully saturated rings. The predicted octanol–water partition coefficient (Wildman–Crippen LogP) is 4.92. The van der Waals surface area contributed by atoms with Crippen LogP contribution in [0.4, 0.5) is 8.78 Å². The zero-order chi connectivity index (χ0) is 14.2. The second-order valence-electron chi connectivity index (χ2n) is 4.02. The summed E-state index contributed by atoms with van der Waals surface area (Å²) in [7, 11) is 0. The lowest BCUT2D eigenvalue weighted by molar-refractivity contribution is 0.103. The summed E-state index contributed by atoms with van der Waals surface area (Å²) in [6, 6.07) is 6.72. The van der Waals surface area contributed by atoms with E-state index < -0.39 is 17.4 Å². The van der Waals surface area contributed by atoms with Gasteiger partial charge in [-0.15, -0.1) is 0 Å². The molecule has 0 atom stereocenters. The lowest BCUT2D eigenvalue weighted by Crippen LogP contribution is -2.05. The standard InChI is InChI=1S/C14H8BrClF2O/c1-7-6-8(2-5-11(7)17)14(19)9-3-4-10(15)12(16)13(9)18/h2-6H,1H3. The van der Waals surface area contributed by atoms with Gasteiger partial charge in [-0.1, -0.05) is 11.6 Å². The topological polar surface area (TPSA) is 17.1 Å². The quantitative estimate of drug-likeness (QED) is 0.558. The van der Waals surface area contributed by atoms with Crippen LogP contribution in [0.5, 0.6) is 0 Å². The van der Waals surface area contributed by atoms with Crippen molar-refractivity contribution in [3.63, 3.8) is 0 Å². The Morgan fingerprint density at radius 2 is 1.89 bits per heavy atom. The minimum atomic E-state index is -0.789. The highest BCUT2D eigenvalue weighted by atomic mass is 79.9. The van der Waals surface area contributed by atoms with Crippen LogP contribution in [-0.2, 0) is 0 Å². The molecule has 0 heterocycles. The minimum absolute atomic E-state index is 0.140. The van der Waals surface area contributed by atoms with E-state index in [-0.39, 0.29) is 16.1 Å². The first-order valence-electron chi connectivity index (χ1n) is 5.36. The summed E-state index contributed by atoms with van der Waals surface area (Å²) in [5.41, 5.74) is 0.407. The van der Waals surface area contributed by atoms with Crippen molar-refractivity contribution in [1.82, 2.24) is 0 Å². The highest BCUT2D eigenvalue weighted by Gasteiger charge is 2.18. The van der Waals surface area contributed by atoms with Gasteiger partial charge in [-0.05, 0) is 58.7 Å².